The minimum absolute atomic E-state index is 0.0540. The predicted molar refractivity (Wildman–Crippen MR) is 138 cm³/mol. The molecule has 8 heteroatoms. The minimum atomic E-state index is -0.327. The molecule has 190 valence electrons. The molecule has 3 aromatic rings. The van der Waals surface area contributed by atoms with Crippen LogP contribution in [0.5, 0.6) is 0 Å². The van der Waals surface area contributed by atoms with E-state index in [0.717, 1.165) is 60.1 Å². The molecule has 1 saturated carbocycles. The highest BCUT2D eigenvalue weighted by Gasteiger charge is 2.33. The van der Waals surface area contributed by atoms with E-state index >= 15 is 4.39 Å². The van der Waals surface area contributed by atoms with E-state index in [1.165, 1.54) is 6.92 Å². The number of nitrogens with zero attached hydrogens (tertiary/aromatic N) is 3. The second-order valence-corrected chi connectivity index (χ2v) is 11.0. The van der Waals surface area contributed by atoms with Gasteiger partial charge in [0.15, 0.2) is 11.6 Å². The number of hydrogen-bond donors (Lipinski definition) is 2. The Balaban J connectivity index is 1.36. The van der Waals surface area contributed by atoms with Gasteiger partial charge in [0, 0.05) is 37.0 Å². The van der Waals surface area contributed by atoms with E-state index in [4.69, 9.17) is 0 Å². The van der Waals surface area contributed by atoms with Gasteiger partial charge in [0.25, 0.3) is 0 Å². The summed E-state index contributed by atoms with van der Waals surface area (Å²) in [4.78, 5) is 33.3. The molecule has 0 unspecified atom stereocenters. The van der Waals surface area contributed by atoms with Crippen LogP contribution in [-0.4, -0.2) is 38.8 Å². The van der Waals surface area contributed by atoms with Crippen molar-refractivity contribution in [2.75, 3.05) is 11.9 Å². The van der Waals surface area contributed by atoms with Gasteiger partial charge >= 0.3 is 0 Å². The molecule has 36 heavy (non-hydrogen) atoms. The number of amides is 1. The highest BCUT2D eigenvalue weighted by Crippen LogP contribution is 2.38. The number of aryl methyl sites for hydroxylation is 2. The molecule has 5 rings (SSSR count). The smallest absolute Gasteiger partial charge is 0.217 e. The summed E-state index contributed by atoms with van der Waals surface area (Å²) >= 11 is 0. The quantitative estimate of drug-likeness (QED) is 0.512. The van der Waals surface area contributed by atoms with E-state index in [1.807, 2.05) is 19.1 Å². The van der Waals surface area contributed by atoms with E-state index in [0.29, 0.717) is 17.8 Å². The third kappa shape index (κ3) is 4.61. The monoisotopic (exact) mass is 491 g/mol. The van der Waals surface area contributed by atoms with Gasteiger partial charge in [-0.05, 0) is 81.3 Å². The molecule has 2 aromatic heterocycles. The summed E-state index contributed by atoms with van der Waals surface area (Å²) in [6, 6.07) is 5.51. The van der Waals surface area contributed by atoms with Gasteiger partial charge in [0.2, 0.25) is 5.91 Å². The molecular weight excluding hydrogens is 457 g/mol. The van der Waals surface area contributed by atoms with Gasteiger partial charge in [-0.25, -0.2) is 14.4 Å². The first-order chi connectivity index (χ1) is 17.1. The van der Waals surface area contributed by atoms with Gasteiger partial charge in [-0.3, -0.25) is 9.59 Å². The standard InChI is InChI=1S/C28H34FN5O2/c1-16-14-30-25(31-15-24(36)18-6-5-7-20(10-18)32-17(2)35)13-21(16)19-11-22(29)27-23(12-19)34-26(33-27)8-9-28(34,3)4/h11-14,18,20H,5-10,15H2,1-4H3,(H,30,31)(H,32,35)/t18-,20+/m0/s1. The van der Waals surface area contributed by atoms with Gasteiger partial charge < -0.3 is 15.2 Å². The Kier molecular flexibility index (Phi) is 6.30. The third-order valence-electron chi connectivity index (χ3n) is 7.74. The molecule has 0 bridgehead atoms. The molecule has 2 atom stereocenters. The third-order valence-corrected chi connectivity index (χ3v) is 7.74. The van der Waals surface area contributed by atoms with E-state index in [-0.39, 0.29) is 41.6 Å². The summed E-state index contributed by atoms with van der Waals surface area (Å²) in [5.41, 5.74) is 3.70. The summed E-state index contributed by atoms with van der Waals surface area (Å²) in [5.74, 6) is 1.18. The number of carbonyl (C=O) groups is 2. The molecule has 1 fully saturated rings. The molecule has 0 saturated heterocycles. The van der Waals surface area contributed by atoms with Gasteiger partial charge in [-0.15, -0.1) is 0 Å². The first kappa shape index (κ1) is 24.4. The highest BCUT2D eigenvalue weighted by molar-refractivity contribution is 5.87. The number of Topliss-reactive ketones (excluding diaryl/α,β-unsaturated/α-hetero) is 1. The van der Waals surface area contributed by atoms with Gasteiger partial charge in [0.05, 0.1) is 12.1 Å². The average molecular weight is 492 g/mol. The van der Waals surface area contributed by atoms with E-state index < -0.39 is 0 Å². The maximum absolute atomic E-state index is 15.2. The second-order valence-electron chi connectivity index (χ2n) is 11.0. The molecule has 0 radical (unpaired) electrons. The number of anilines is 1. The van der Waals surface area contributed by atoms with Crippen LogP contribution >= 0.6 is 0 Å². The van der Waals surface area contributed by atoms with Crippen LogP contribution in [0.15, 0.2) is 24.4 Å². The molecular formula is C28H34FN5O2. The van der Waals surface area contributed by atoms with Crippen LogP contribution in [0.25, 0.3) is 22.2 Å². The SMILES string of the molecule is CC(=O)N[C@@H]1CCC[C@H](C(=O)CNc2cc(-c3cc(F)c4nc5n(c4c3)C(C)(C)CC5)c(C)cn2)C1. The van der Waals surface area contributed by atoms with Crippen molar-refractivity contribution in [3.05, 3.63) is 41.6 Å². The van der Waals surface area contributed by atoms with Crippen LogP contribution in [0.4, 0.5) is 10.2 Å². The van der Waals surface area contributed by atoms with E-state index in [9.17, 15) is 9.59 Å². The molecule has 2 N–H and O–H groups in total. The Labute approximate surface area is 210 Å². The lowest BCUT2D eigenvalue weighted by molar-refractivity contribution is -0.124. The summed E-state index contributed by atoms with van der Waals surface area (Å²) in [5, 5.41) is 6.12. The maximum atomic E-state index is 15.2. The lowest BCUT2D eigenvalue weighted by Gasteiger charge is -2.28. The van der Waals surface area contributed by atoms with Gasteiger partial charge in [0.1, 0.15) is 17.2 Å². The number of halogens is 1. The van der Waals surface area contributed by atoms with Crippen LogP contribution in [0, 0.1) is 18.7 Å². The van der Waals surface area contributed by atoms with Crippen molar-refractivity contribution in [2.24, 2.45) is 5.92 Å². The number of pyridine rings is 1. The van der Waals surface area contributed by atoms with Crippen molar-refractivity contribution in [1.29, 1.82) is 0 Å². The Morgan fingerprint density at radius 2 is 2.03 bits per heavy atom. The maximum Gasteiger partial charge on any atom is 0.217 e. The zero-order valence-corrected chi connectivity index (χ0v) is 21.4. The van der Waals surface area contributed by atoms with Crippen LogP contribution in [0.3, 0.4) is 0 Å². The van der Waals surface area contributed by atoms with Crippen LogP contribution in [0.1, 0.15) is 64.3 Å². The van der Waals surface area contributed by atoms with Crippen molar-refractivity contribution in [1.82, 2.24) is 19.9 Å². The summed E-state index contributed by atoms with van der Waals surface area (Å²) in [6.45, 7) is 7.96. The molecule has 2 aliphatic rings. The Bertz CT molecular complexity index is 1350. The van der Waals surface area contributed by atoms with Gasteiger partial charge in [-0.1, -0.05) is 6.42 Å². The topological polar surface area (TPSA) is 88.9 Å². The zero-order valence-electron chi connectivity index (χ0n) is 21.4. The average Bonchev–Trinajstić information content (AvgIpc) is 3.35. The number of imidazole rings is 1. The van der Waals surface area contributed by atoms with Crippen molar-refractivity contribution >= 4 is 28.5 Å². The van der Waals surface area contributed by atoms with Crippen LogP contribution in [0.2, 0.25) is 0 Å². The summed E-state index contributed by atoms with van der Waals surface area (Å²) < 4.78 is 17.3. The Morgan fingerprint density at radius 3 is 2.81 bits per heavy atom. The molecule has 1 amide bonds. The summed E-state index contributed by atoms with van der Waals surface area (Å²) in [6.07, 6.45) is 6.95. The van der Waals surface area contributed by atoms with Crippen molar-refractivity contribution in [3.8, 4) is 11.1 Å². The number of carbonyl (C=O) groups excluding carboxylic acids is 2. The van der Waals surface area contributed by atoms with Crippen molar-refractivity contribution < 1.29 is 14.0 Å². The normalized spacial score (nSPS) is 20.8. The number of hydrogen-bond acceptors (Lipinski definition) is 5. The molecule has 3 heterocycles. The summed E-state index contributed by atoms with van der Waals surface area (Å²) in [7, 11) is 0. The fourth-order valence-electron chi connectivity index (χ4n) is 5.87. The van der Waals surface area contributed by atoms with Crippen LogP contribution < -0.4 is 10.6 Å². The van der Waals surface area contributed by atoms with Gasteiger partial charge in [-0.2, -0.15) is 0 Å². The largest absolute Gasteiger partial charge is 0.363 e. The van der Waals surface area contributed by atoms with E-state index in [1.54, 1.807) is 12.3 Å². The van der Waals surface area contributed by atoms with Crippen LogP contribution in [-0.2, 0) is 21.5 Å². The number of rotatable bonds is 6. The Morgan fingerprint density at radius 1 is 1.22 bits per heavy atom. The number of ketones is 1. The molecule has 1 aromatic carbocycles. The fourth-order valence-corrected chi connectivity index (χ4v) is 5.87. The van der Waals surface area contributed by atoms with E-state index in [2.05, 4.69) is 39.0 Å². The number of aromatic nitrogens is 3. The fraction of sp³-hybridized carbons (Fsp3) is 0.500. The Hall–Kier alpha value is -3.29. The number of nitrogens with one attached hydrogen (secondary N) is 2. The lowest BCUT2D eigenvalue weighted by atomic mass is 9.83. The molecule has 7 nitrogen and oxygen atoms in total. The predicted octanol–water partition coefficient (Wildman–Crippen LogP) is 4.90. The van der Waals surface area contributed by atoms with Crippen molar-refractivity contribution in [2.45, 2.75) is 77.8 Å². The molecule has 0 spiro atoms. The molecule has 1 aliphatic carbocycles. The number of fused-ring (bicyclic) bond motifs is 3. The first-order valence-corrected chi connectivity index (χ1v) is 12.8. The van der Waals surface area contributed by atoms with Crippen molar-refractivity contribution in [3.63, 3.8) is 0 Å². The zero-order chi connectivity index (χ0) is 25.6. The number of benzene rings is 1. The molecule has 1 aliphatic heterocycles. The second kappa shape index (κ2) is 9.30. The lowest BCUT2D eigenvalue weighted by Crippen LogP contribution is -2.39. The minimum Gasteiger partial charge on any atom is -0.363 e. The first-order valence-electron chi connectivity index (χ1n) is 12.8. The highest BCUT2D eigenvalue weighted by atomic mass is 19.1.